The molecule has 0 saturated heterocycles. The van der Waals surface area contributed by atoms with E-state index >= 15 is 0 Å². The summed E-state index contributed by atoms with van der Waals surface area (Å²) in [5.74, 6) is 0.454. The molecule has 2 aliphatic carbocycles. The van der Waals surface area contributed by atoms with Crippen molar-refractivity contribution in [3.05, 3.63) is 59.7 Å². The van der Waals surface area contributed by atoms with E-state index in [-0.39, 0.29) is 17.6 Å². The van der Waals surface area contributed by atoms with Gasteiger partial charge in [-0.1, -0.05) is 37.8 Å². The lowest BCUT2D eigenvalue weighted by atomic mass is 9.84. The molecule has 4 rings (SSSR count). The van der Waals surface area contributed by atoms with Crippen molar-refractivity contribution < 1.29 is 9.18 Å². The summed E-state index contributed by atoms with van der Waals surface area (Å²) in [7, 11) is 0. The summed E-state index contributed by atoms with van der Waals surface area (Å²) in [6.07, 6.45) is 11.4. The van der Waals surface area contributed by atoms with Crippen LogP contribution in [0.3, 0.4) is 0 Å². The monoisotopic (exact) mass is 366 g/mol. The van der Waals surface area contributed by atoms with Crippen LogP contribution >= 0.6 is 0 Å². The summed E-state index contributed by atoms with van der Waals surface area (Å²) in [5.41, 5.74) is 2.78. The van der Waals surface area contributed by atoms with E-state index in [0.29, 0.717) is 18.2 Å². The van der Waals surface area contributed by atoms with Crippen molar-refractivity contribution in [2.75, 3.05) is 4.90 Å². The molecule has 2 fully saturated rings. The first kappa shape index (κ1) is 18.1. The highest BCUT2D eigenvalue weighted by Crippen LogP contribution is 2.33. The molecule has 142 valence electrons. The van der Waals surface area contributed by atoms with Gasteiger partial charge in [-0.25, -0.2) is 4.39 Å². The Labute approximate surface area is 160 Å². The smallest absolute Gasteiger partial charge is 0.230 e. The van der Waals surface area contributed by atoms with Crippen LogP contribution in [0.15, 0.2) is 42.6 Å². The lowest BCUT2D eigenvalue weighted by Crippen LogP contribution is -2.38. The molecule has 0 unspecified atom stereocenters. The topological polar surface area (TPSA) is 33.2 Å². The number of nitrogens with zero attached hydrogens (tertiary/aromatic N) is 2. The molecule has 1 aromatic heterocycles. The number of aromatic nitrogens is 1. The van der Waals surface area contributed by atoms with Gasteiger partial charge in [-0.05, 0) is 61.4 Å². The fourth-order valence-electron chi connectivity index (χ4n) is 4.18. The van der Waals surface area contributed by atoms with Gasteiger partial charge in [-0.15, -0.1) is 0 Å². The van der Waals surface area contributed by atoms with E-state index < -0.39 is 0 Å². The third-order valence-electron chi connectivity index (χ3n) is 6.08. The van der Waals surface area contributed by atoms with E-state index in [1.807, 2.05) is 12.3 Å². The molecule has 3 nitrogen and oxygen atoms in total. The predicted molar refractivity (Wildman–Crippen MR) is 105 cm³/mol. The summed E-state index contributed by atoms with van der Waals surface area (Å²) >= 11 is 0. The number of pyridine rings is 1. The second kappa shape index (κ2) is 8.20. The lowest BCUT2D eigenvalue weighted by molar-refractivity contribution is -0.124. The van der Waals surface area contributed by atoms with Crippen LogP contribution in [0, 0.1) is 11.7 Å². The Morgan fingerprint density at radius 1 is 1.04 bits per heavy atom. The standard InChI is InChI=1S/C23H27FN2O/c24-20-10-5-11-22(14-20)26(23(27)18-8-4-9-18)16-21-13-12-19(15-25-21)17-6-2-1-3-7-17/h5,10-15,17-18H,1-4,6-9,16H2. The summed E-state index contributed by atoms with van der Waals surface area (Å²) in [4.78, 5) is 19.3. The highest BCUT2D eigenvalue weighted by atomic mass is 19.1. The molecule has 0 spiro atoms. The minimum atomic E-state index is -0.320. The van der Waals surface area contributed by atoms with Crippen LogP contribution in [0.5, 0.6) is 0 Å². The molecule has 0 radical (unpaired) electrons. The fourth-order valence-corrected chi connectivity index (χ4v) is 4.18. The summed E-state index contributed by atoms with van der Waals surface area (Å²) < 4.78 is 13.7. The first-order valence-corrected chi connectivity index (χ1v) is 10.2. The predicted octanol–water partition coefficient (Wildman–Crippen LogP) is 5.60. The van der Waals surface area contributed by atoms with E-state index in [2.05, 4.69) is 11.1 Å². The van der Waals surface area contributed by atoms with Crippen molar-refractivity contribution in [3.8, 4) is 0 Å². The molecule has 0 bridgehead atoms. The summed E-state index contributed by atoms with van der Waals surface area (Å²) in [6, 6.07) is 10.5. The third kappa shape index (κ3) is 4.20. The number of halogens is 1. The van der Waals surface area contributed by atoms with Crippen LogP contribution in [-0.4, -0.2) is 10.9 Å². The molecule has 0 atom stereocenters. The molecule has 2 aromatic rings. The van der Waals surface area contributed by atoms with Crippen molar-refractivity contribution >= 4 is 11.6 Å². The van der Waals surface area contributed by atoms with Gasteiger partial charge in [0, 0.05) is 17.8 Å². The van der Waals surface area contributed by atoms with Crippen LogP contribution in [0.25, 0.3) is 0 Å². The van der Waals surface area contributed by atoms with Gasteiger partial charge in [0.1, 0.15) is 5.82 Å². The molecule has 27 heavy (non-hydrogen) atoms. The normalized spacial score (nSPS) is 18.1. The number of hydrogen-bond donors (Lipinski definition) is 0. The average Bonchev–Trinajstić information content (AvgIpc) is 2.66. The average molecular weight is 366 g/mol. The molecule has 0 N–H and O–H groups in total. The first-order chi connectivity index (χ1) is 13.2. The van der Waals surface area contributed by atoms with Gasteiger partial charge in [0.2, 0.25) is 5.91 Å². The van der Waals surface area contributed by atoms with E-state index in [1.165, 1.54) is 49.8 Å². The Hall–Kier alpha value is -2.23. The number of benzene rings is 1. The zero-order valence-electron chi connectivity index (χ0n) is 15.7. The lowest BCUT2D eigenvalue weighted by Gasteiger charge is -2.31. The SMILES string of the molecule is O=C(C1CCC1)N(Cc1ccc(C2CCCCC2)cn1)c1cccc(F)c1. The van der Waals surface area contributed by atoms with Crippen LogP contribution in [0.4, 0.5) is 10.1 Å². The van der Waals surface area contributed by atoms with Gasteiger partial charge in [0.25, 0.3) is 0 Å². The van der Waals surface area contributed by atoms with Crippen LogP contribution in [0.1, 0.15) is 68.5 Å². The van der Waals surface area contributed by atoms with Crippen LogP contribution in [0.2, 0.25) is 0 Å². The number of hydrogen-bond acceptors (Lipinski definition) is 2. The molecular formula is C23H27FN2O. The summed E-state index contributed by atoms with van der Waals surface area (Å²) in [5, 5.41) is 0. The van der Waals surface area contributed by atoms with E-state index in [4.69, 9.17) is 0 Å². The maximum atomic E-state index is 13.7. The summed E-state index contributed by atoms with van der Waals surface area (Å²) in [6.45, 7) is 0.393. The third-order valence-corrected chi connectivity index (χ3v) is 6.08. The van der Waals surface area contributed by atoms with Gasteiger partial charge in [0.15, 0.2) is 0 Å². The van der Waals surface area contributed by atoms with Crippen molar-refractivity contribution in [2.24, 2.45) is 5.92 Å². The second-order valence-electron chi connectivity index (χ2n) is 7.95. The van der Waals surface area contributed by atoms with E-state index in [1.54, 1.807) is 17.0 Å². The number of carbonyl (C=O) groups is 1. The highest BCUT2D eigenvalue weighted by Gasteiger charge is 2.30. The Morgan fingerprint density at radius 3 is 2.48 bits per heavy atom. The minimum Gasteiger partial charge on any atom is -0.306 e. The van der Waals surface area contributed by atoms with Gasteiger partial charge in [0.05, 0.1) is 12.2 Å². The molecule has 2 aliphatic rings. The van der Waals surface area contributed by atoms with Crippen LogP contribution in [-0.2, 0) is 11.3 Å². The van der Waals surface area contributed by atoms with Crippen molar-refractivity contribution in [1.29, 1.82) is 0 Å². The quantitative estimate of drug-likeness (QED) is 0.690. The number of carbonyl (C=O) groups excluding carboxylic acids is 1. The molecular weight excluding hydrogens is 339 g/mol. The molecule has 1 aromatic carbocycles. The van der Waals surface area contributed by atoms with Gasteiger partial charge >= 0.3 is 0 Å². The molecule has 1 heterocycles. The maximum absolute atomic E-state index is 13.7. The number of rotatable bonds is 5. The van der Waals surface area contributed by atoms with Crippen molar-refractivity contribution in [1.82, 2.24) is 4.98 Å². The fraction of sp³-hybridized carbons (Fsp3) is 0.478. The van der Waals surface area contributed by atoms with E-state index in [9.17, 15) is 9.18 Å². The molecule has 0 aliphatic heterocycles. The van der Waals surface area contributed by atoms with Crippen LogP contribution < -0.4 is 4.90 Å². The Bertz CT molecular complexity index is 779. The highest BCUT2D eigenvalue weighted by molar-refractivity contribution is 5.95. The zero-order chi connectivity index (χ0) is 18.6. The van der Waals surface area contributed by atoms with Gasteiger partial charge in [-0.3, -0.25) is 9.78 Å². The van der Waals surface area contributed by atoms with Crippen molar-refractivity contribution in [2.45, 2.75) is 63.8 Å². The molecule has 2 saturated carbocycles. The second-order valence-corrected chi connectivity index (χ2v) is 7.95. The first-order valence-electron chi connectivity index (χ1n) is 10.2. The Morgan fingerprint density at radius 2 is 1.85 bits per heavy atom. The van der Waals surface area contributed by atoms with Gasteiger partial charge < -0.3 is 4.90 Å². The Balaban J connectivity index is 1.53. The van der Waals surface area contributed by atoms with E-state index in [0.717, 1.165) is 25.0 Å². The number of anilines is 1. The Kier molecular flexibility index (Phi) is 5.51. The largest absolute Gasteiger partial charge is 0.306 e. The maximum Gasteiger partial charge on any atom is 0.230 e. The molecule has 4 heteroatoms. The molecule has 1 amide bonds. The van der Waals surface area contributed by atoms with Crippen molar-refractivity contribution in [3.63, 3.8) is 0 Å². The zero-order valence-corrected chi connectivity index (χ0v) is 15.7. The van der Waals surface area contributed by atoms with Gasteiger partial charge in [-0.2, -0.15) is 0 Å². The number of amides is 1. The minimum absolute atomic E-state index is 0.0646.